The maximum absolute atomic E-state index is 6.16. The van der Waals surface area contributed by atoms with Gasteiger partial charge in [0.2, 0.25) is 0 Å². The molecule has 1 aromatic rings. The third-order valence-corrected chi connectivity index (χ3v) is 5.09. The van der Waals surface area contributed by atoms with Crippen LogP contribution in [0.25, 0.3) is 0 Å². The van der Waals surface area contributed by atoms with Crippen molar-refractivity contribution in [3.8, 4) is 5.75 Å². The number of hydrogen-bond acceptors (Lipinski definition) is 4. The molecule has 1 heterocycles. The number of hydrogen-bond donors (Lipinski definition) is 2. The van der Waals surface area contributed by atoms with Gasteiger partial charge in [-0.05, 0) is 31.7 Å². The summed E-state index contributed by atoms with van der Waals surface area (Å²) in [6, 6.07) is 6.32. The monoisotopic (exact) mass is 365 g/mol. The summed E-state index contributed by atoms with van der Waals surface area (Å²) in [7, 11) is 0. The van der Waals surface area contributed by atoms with E-state index in [-0.39, 0.29) is 6.10 Å². The Morgan fingerprint density at radius 1 is 1.44 bits per heavy atom. The van der Waals surface area contributed by atoms with E-state index in [1.54, 1.807) is 0 Å². The Morgan fingerprint density at radius 2 is 2.28 bits per heavy atom. The topological polar surface area (TPSA) is 54.9 Å². The minimum absolute atomic E-state index is 0.151. The van der Waals surface area contributed by atoms with Crippen LogP contribution in [0.4, 0.5) is 0 Å². The molecule has 140 valence electrons. The Morgan fingerprint density at radius 3 is 2.96 bits per heavy atom. The van der Waals surface area contributed by atoms with Crippen molar-refractivity contribution in [3.63, 3.8) is 0 Å². The van der Waals surface area contributed by atoms with Crippen LogP contribution in [-0.4, -0.2) is 49.9 Å². The first-order valence-corrected chi connectivity index (χ1v) is 10.3. The van der Waals surface area contributed by atoms with Crippen molar-refractivity contribution in [3.05, 3.63) is 29.3 Å². The summed E-state index contributed by atoms with van der Waals surface area (Å²) in [4.78, 5) is 4.73. The highest BCUT2D eigenvalue weighted by Crippen LogP contribution is 2.24. The van der Waals surface area contributed by atoms with Crippen molar-refractivity contribution in [2.75, 3.05) is 32.6 Å². The lowest BCUT2D eigenvalue weighted by Crippen LogP contribution is -2.40. The summed E-state index contributed by atoms with van der Waals surface area (Å²) in [5.41, 5.74) is 2.30. The van der Waals surface area contributed by atoms with E-state index < -0.39 is 0 Å². The van der Waals surface area contributed by atoms with Crippen molar-refractivity contribution in [2.45, 2.75) is 45.1 Å². The van der Waals surface area contributed by atoms with Crippen molar-refractivity contribution in [1.82, 2.24) is 10.6 Å². The number of nitrogens with zero attached hydrogens (tertiary/aromatic N) is 1. The molecule has 0 amide bonds. The number of aryl methyl sites for hydroxylation is 1. The summed E-state index contributed by atoms with van der Waals surface area (Å²) >= 11 is 1.84. The van der Waals surface area contributed by atoms with E-state index in [0.717, 1.165) is 43.4 Å². The summed E-state index contributed by atoms with van der Waals surface area (Å²) in [6.07, 6.45) is 3.23. The zero-order valence-corrected chi connectivity index (χ0v) is 16.6. The number of nitrogens with one attached hydrogen (secondary N) is 2. The molecular formula is C19H31N3O2S. The van der Waals surface area contributed by atoms with Crippen LogP contribution in [0.15, 0.2) is 23.2 Å². The Kier molecular flexibility index (Phi) is 8.41. The third-order valence-electron chi connectivity index (χ3n) is 4.12. The Bertz CT molecular complexity index is 560. The first-order chi connectivity index (χ1) is 12.1. The van der Waals surface area contributed by atoms with Gasteiger partial charge < -0.3 is 20.1 Å². The molecule has 0 radical (unpaired) electrons. The minimum atomic E-state index is 0.151. The molecule has 1 aromatic carbocycles. The highest BCUT2D eigenvalue weighted by Gasteiger charge is 2.18. The van der Waals surface area contributed by atoms with E-state index in [9.17, 15) is 0 Å². The zero-order valence-electron chi connectivity index (χ0n) is 15.8. The number of ether oxygens (including phenoxy) is 2. The summed E-state index contributed by atoms with van der Waals surface area (Å²) in [6.45, 7) is 10.2. The van der Waals surface area contributed by atoms with Gasteiger partial charge in [-0.15, -0.1) is 0 Å². The minimum Gasteiger partial charge on any atom is -0.488 e. The van der Waals surface area contributed by atoms with Crippen molar-refractivity contribution in [2.24, 2.45) is 4.99 Å². The lowest BCUT2D eigenvalue weighted by atomic mass is 10.1. The molecule has 2 atom stereocenters. The average Bonchev–Trinajstić information content (AvgIpc) is 3.11. The molecule has 2 N–H and O–H groups in total. The average molecular weight is 366 g/mol. The highest BCUT2D eigenvalue weighted by atomic mass is 32.2. The maximum Gasteiger partial charge on any atom is 0.191 e. The lowest BCUT2D eigenvalue weighted by Gasteiger charge is -2.17. The van der Waals surface area contributed by atoms with Gasteiger partial charge in [0.15, 0.2) is 5.96 Å². The van der Waals surface area contributed by atoms with Crippen LogP contribution in [0.1, 0.15) is 31.4 Å². The second-order valence-electron chi connectivity index (χ2n) is 6.34. The number of rotatable bonds is 8. The van der Waals surface area contributed by atoms with Crippen LogP contribution >= 0.6 is 11.8 Å². The predicted molar refractivity (Wildman–Crippen MR) is 107 cm³/mol. The molecule has 0 aliphatic carbocycles. The molecule has 0 aromatic heterocycles. The molecular weight excluding hydrogens is 334 g/mol. The largest absolute Gasteiger partial charge is 0.488 e. The first-order valence-electron chi connectivity index (χ1n) is 9.01. The van der Waals surface area contributed by atoms with E-state index in [2.05, 4.69) is 55.9 Å². The van der Waals surface area contributed by atoms with Gasteiger partial charge in [-0.25, -0.2) is 4.99 Å². The molecule has 0 bridgehead atoms. The summed E-state index contributed by atoms with van der Waals surface area (Å²) in [5, 5.41) is 7.25. The first kappa shape index (κ1) is 19.9. The van der Waals surface area contributed by atoms with E-state index in [0.29, 0.717) is 18.4 Å². The van der Waals surface area contributed by atoms with Gasteiger partial charge in [0, 0.05) is 30.3 Å². The molecule has 1 aliphatic heterocycles. The Labute approximate surface area is 156 Å². The molecule has 1 saturated heterocycles. The SMILES string of the molecule is CCNC(=NCc1ccc(C)cc1OC1CCOC1)NCC(C)SC. The van der Waals surface area contributed by atoms with Gasteiger partial charge in [0.25, 0.3) is 0 Å². The zero-order chi connectivity index (χ0) is 18.1. The van der Waals surface area contributed by atoms with E-state index in [1.165, 1.54) is 5.56 Å². The molecule has 1 aliphatic rings. The van der Waals surface area contributed by atoms with Gasteiger partial charge >= 0.3 is 0 Å². The van der Waals surface area contributed by atoms with Crippen molar-refractivity contribution < 1.29 is 9.47 Å². The third kappa shape index (κ3) is 6.78. The number of benzene rings is 1. The molecule has 25 heavy (non-hydrogen) atoms. The number of aliphatic imine (C=N–C) groups is 1. The van der Waals surface area contributed by atoms with Crippen LogP contribution in [0.3, 0.4) is 0 Å². The molecule has 1 fully saturated rings. The summed E-state index contributed by atoms with van der Waals surface area (Å²) in [5.74, 6) is 1.77. The smallest absolute Gasteiger partial charge is 0.191 e. The van der Waals surface area contributed by atoms with Crippen molar-refractivity contribution >= 4 is 17.7 Å². The van der Waals surface area contributed by atoms with E-state index in [4.69, 9.17) is 14.5 Å². The molecule has 2 unspecified atom stereocenters. The molecule has 6 heteroatoms. The van der Waals surface area contributed by atoms with Crippen LogP contribution in [0.2, 0.25) is 0 Å². The normalized spacial score (nSPS) is 18.9. The quantitative estimate of drug-likeness (QED) is 0.548. The predicted octanol–water partition coefficient (Wildman–Crippen LogP) is 2.97. The molecule has 0 spiro atoms. The Balaban J connectivity index is 2.05. The molecule has 5 nitrogen and oxygen atoms in total. The number of thioether (sulfide) groups is 1. The fourth-order valence-corrected chi connectivity index (χ4v) is 2.77. The van der Waals surface area contributed by atoms with Crippen molar-refractivity contribution in [1.29, 1.82) is 0 Å². The van der Waals surface area contributed by atoms with Crippen LogP contribution < -0.4 is 15.4 Å². The highest BCUT2D eigenvalue weighted by molar-refractivity contribution is 7.99. The van der Waals surface area contributed by atoms with Gasteiger partial charge in [0.1, 0.15) is 11.9 Å². The van der Waals surface area contributed by atoms with E-state index >= 15 is 0 Å². The van der Waals surface area contributed by atoms with Crippen LogP contribution in [0, 0.1) is 6.92 Å². The Hall–Kier alpha value is -1.40. The second kappa shape index (κ2) is 10.6. The summed E-state index contributed by atoms with van der Waals surface area (Å²) < 4.78 is 11.6. The van der Waals surface area contributed by atoms with Crippen LogP contribution in [-0.2, 0) is 11.3 Å². The standard InChI is InChI=1S/C19H31N3O2S/c1-5-20-19(21-11-15(3)25-4)22-12-16-7-6-14(2)10-18(16)24-17-8-9-23-13-17/h6-7,10,15,17H,5,8-9,11-13H2,1-4H3,(H2,20,21,22). The van der Waals surface area contributed by atoms with Gasteiger partial charge in [-0.2, -0.15) is 11.8 Å². The maximum atomic E-state index is 6.16. The fourth-order valence-electron chi connectivity index (χ4n) is 2.52. The lowest BCUT2D eigenvalue weighted by molar-refractivity contribution is 0.140. The van der Waals surface area contributed by atoms with Gasteiger partial charge in [0.05, 0.1) is 19.8 Å². The molecule has 2 rings (SSSR count). The molecule has 0 saturated carbocycles. The second-order valence-corrected chi connectivity index (χ2v) is 7.61. The van der Waals surface area contributed by atoms with Crippen LogP contribution in [0.5, 0.6) is 5.75 Å². The van der Waals surface area contributed by atoms with Gasteiger partial charge in [-0.3, -0.25) is 0 Å². The number of guanidine groups is 1. The fraction of sp³-hybridized carbons (Fsp3) is 0.632. The van der Waals surface area contributed by atoms with E-state index in [1.807, 2.05) is 11.8 Å². The van der Waals surface area contributed by atoms with Gasteiger partial charge in [-0.1, -0.05) is 19.1 Å².